The molecule has 7 nitrogen and oxygen atoms in total. The second-order valence-electron chi connectivity index (χ2n) is 5.41. The molecule has 0 spiro atoms. The topological polar surface area (TPSA) is 82.5 Å². The summed E-state index contributed by atoms with van der Waals surface area (Å²) in [6, 6.07) is -0.154. The van der Waals surface area contributed by atoms with Gasteiger partial charge in [-0.2, -0.15) is 0 Å². The van der Waals surface area contributed by atoms with Crippen LogP contribution in [0.5, 0.6) is 0 Å². The van der Waals surface area contributed by atoms with E-state index >= 15 is 0 Å². The average molecular weight is 283 g/mol. The Balaban J connectivity index is 2.60. The molecule has 0 saturated heterocycles. The molecule has 1 rings (SSSR count). The minimum atomic E-state index is -0.542. The minimum Gasteiger partial charge on any atom is -0.464 e. The molecule has 1 aromatic rings. The van der Waals surface area contributed by atoms with Gasteiger partial charge in [-0.15, -0.1) is 0 Å². The summed E-state index contributed by atoms with van der Waals surface area (Å²) in [4.78, 5) is 27.0. The van der Waals surface area contributed by atoms with Crippen molar-refractivity contribution in [2.75, 3.05) is 13.7 Å². The van der Waals surface area contributed by atoms with Crippen LogP contribution < -0.4 is 5.32 Å². The lowest BCUT2D eigenvalue weighted by atomic mass is 10.2. The Morgan fingerprint density at radius 1 is 1.45 bits per heavy atom. The van der Waals surface area contributed by atoms with Gasteiger partial charge in [0.25, 0.3) is 0 Å². The maximum atomic E-state index is 11.6. The number of hydrogen-bond acceptors (Lipinski definition) is 5. The van der Waals surface area contributed by atoms with E-state index < -0.39 is 17.7 Å². The third-order valence-corrected chi connectivity index (χ3v) is 2.48. The largest absolute Gasteiger partial charge is 0.464 e. The second-order valence-corrected chi connectivity index (χ2v) is 5.41. The third kappa shape index (κ3) is 4.56. The SMILES string of the molecule is COC(=O)c1cncn1[C@@H](C)CNC(=O)OC(C)(C)C. The summed E-state index contributed by atoms with van der Waals surface area (Å²) in [5.41, 5.74) is -0.203. The molecule has 1 aromatic heterocycles. The van der Waals surface area contributed by atoms with E-state index in [1.807, 2.05) is 6.92 Å². The first-order valence-corrected chi connectivity index (χ1v) is 6.31. The molecule has 0 radical (unpaired) electrons. The van der Waals surface area contributed by atoms with Crippen LogP contribution in [0.15, 0.2) is 12.5 Å². The Bertz CT molecular complexity index is 476. The van der Waals surface area contributed by atoms with E-state index in [9.17, 15) is 9.59 Å². The number of aromatic nitrogens is 2. The summed E-state index contributed by atoms with van der Waals surface area (Å²) >= 11 is 0. The quantitative estimate of drug-likeness (QED) is 0.851. The van der Waals surface area contributed by atoms with Crippen molar-refractivity contribution in [2.24, 2.45) is 0 Å². The van der Waals surface area contributed by atoms with Gasteiger partial charge in [-0.3, -0.25) is 0 Å². The third-order valence-electron chi connectivity index (χ3n) is 2.48. The van der Waals surface area contributed by atoms with Gasteiger partial charge in [0.05, 0.1) is 25.7 Å². The molecule has 1 heterocycles. The fraction of sp³-hybridized carbons (Fsp3) is 0.615. The van der Waals surface area contributed by atoms with Crippen LogP contribution in [0.1, 0.15) is 44.2 Å². The Morgan fingerprint density at radius 3 is 2.65 bits per heavy atom. The van der Waals surface area contributed by atoms with Crippen molar-refractivity contribution >= 4 is 12.1 Å². The molecular formula is C13H21N3O4. The highest BCUT2D eigenvalue weighted by molar-refractivity contribution is 5.87. The van der Waals surface area contributed by atoms with Crippen LogP contribution >= 0.6 is 0 Å². The summed E-state index contributed by atoms with van der Waals surface area (Å²) in [7, 11) is 1.31. The second kappa shape index (κ2) is 6.40. The minimum absolute atomic E-state index is 0.154. The molecule has 0 bridgehead atoms. The summed E-state index contributed by atoms with van der Waals surface area (Å²) in [6.45, 7) is 7.55. The number of methoxy groups -OCH3 is 1. The molecule has 112 valence electrons. The lowest BCUT2D eigenvalue weighted by Gasteiger charge is -2.21. The van der Waals surface area contributed by atoms with Crippen molar-refractivity contribution in [3.05, 3.63) is 18.2 Å². The number of ether oxygens (including phenoxy) is 2. The molecule has 0 unspecified atom stereocenters. The van der Waals surface area contributed by atoms with Crippen LogP contribution in [0.3, 0.4) is 0 Å². The molecule has 0 aromatic carbocycles. The van der Waals surface area contributed by atoms with Crippen molar-refractivity contribution in [1.82, 2.24) is 14.9 Å². The van der Waals surface area contributed by atoms with Crippen LogP contribution in [0.4, 0.5) is 4.79 Å². The predicted octanol–water partition coefficient (Wildman–Crippen LogP) is 1.76. The number of rotatable bonds is 4. The van der Waals surface area contributed by atoms with E-state index in [0.29, 0.717) is 12.2 Å². The van der Waals surface area contributed by atoms with E-state index in [2.05, 4.69) is 15.0 Å². The molecule has 1 amide bonds. The summed E-state index contributed by atoms with van der Waals surface area (Å²) in [5.74, 6) is -0.466. The van der Waals surface area contributed by atoms with Crippen LogP contribution in [0.2, 0.25) is 0 Å². The number of hydrogen-bond donors (Lipinski definition) is 1. The van der Waals surface area contributed by atoms with E-state index in [0.717, 1.165) is 0 Å². The van der Waals surface area contributed by atoms with Crippen molar-refractivity contribution < 1.29 is 19.1 Å². The molecule has 1 atom stereocenters. The highest BCUT2D eigenvalue weighted by Crippen LogP contribution is 2.11. The zero-order chi connectivity index (χ0) is 15.3. The van der Waals surface area contributed by atoms with Crippen LogP contribution in [-0.2, 0) is 9.47 Å². The number of esters is 1. The number of alkyl carbamates (subject to hydrolysis) is 1. The Labute approximate surface area is 118 Å². The molecule has 20 heavy (non-hydrogen) atoms. The van der Waals surface area contributed by atoms with Crippen molar-refractivity contribution in [3.63, 3.8) is 0 Å². The number of imidazole rings is 1. The number of amides is 1. The molecule has 1 N–H and O–H groups in total. The van der Waals surface area contributed by atoms with Gasteiger partial charge in [-0.05, 0) is 27.7 Å². The van der Waals surface area contributed by atoms with Crippen molar-refractivity contribution in [2.45, 2.75) is 39.3 Å². The summed E-state index contributed by atoms with van der Waals surface area (Å²) in [5, 5.41) is 2.65. The van der Waals surface area contributed by atoms with Gasteiger partial charge >= 0.3 is 12.1 Å². The van der Waals surface area contributed by atoms with Gasteiger partial charge in [0.2, 0.25) is 0 Å². The van der Waals surface area contributed by atoms with Crippen LogP contribution in [0, 0.1) is 0 Å². The molecule has 0 saturated carbocycles. The molecule has 0 aliphatic carbocycles. The first-order chi connectivity index (χ1) is 9.24. The van der Waals surface area contributed by atoms with Crippen LogP contribution in [0.25, 0.3) is 0 Å². The van der Waals surface area contributed by atoms with Crippen molar-refractivity contribution in [1.29, 1.82) is 0 Å². The summed E-state index contributed by atoms with van der Waals surface area (Å²) < 4.78 is 11.4. The van der Waals surface area contributed by atoms with Gasteiger partial charge in [0, 0.05) is 6.54 Å². The predicted molar refractivity (Wildman–Crippen MR) is 72.5 cm³/mol. The molecule has 0 aliphatic rings. The highest BCUT2D eigenvalue weighted by Gasteiger charge is 2.19. The lowest BCUT2D eigenvalue weighted by Crippen LogP contribution is -2.35. The van der Waals surface area contributed by atoms with E-state index in [1.54, 1.807) is 25.3 Å². The fourth-order valence-electron chi connectivity index (χ4n) is 1.56. The summed E-state index contributed by atoms with van der Waals surface area (Å²) in [6.07, 6.45) is 2.45. The zero-order valence-electron chi connectivity index (χ0n) is 12.5. The van der Waals surface area contributed by atoms with E-state index in [1.165, 1.54) is 19.6 Å². The molecule has 7 heteroatoms. The Hall–Kier alpha value is -2.05. The monoisotopic (exact) mass is 283 g/mol. The number of carbonyl (C=O) groups excluding carboxylic acids is 2. The maximum absolute atomic E-state index is 11.6. The van der Waals surface area contributed by atoms with Gasteiger partial charge in [-0.25, -0.2) is 14.6 Å². The number of carbonyl (C=O) groups is 2. The Kier molecular flexibility index (Phi) is 5.12. The maximum Gasteiger partial charge on any atom is 0.407 e. The van der Waals surface area contributed by atoms with Gasteiger partial charge in [0.15, 0.2) is 0 Å². The molecular weight excluding hydrogens is 262 g/mol. The normalized spacial score (nSPS) is 12.7. The number of nitrogens with zero attached hydrogens (tertiary/aromatic N) is 2. The first-order valence-electron chi connectivity index (χ1n) is 6.31. The standard InChI is InChI=1S/C13H21N3O4/c1-9(6-15-12(18)20-13(2,3)4)16-8-14-7-10(16)11(17)19-5/h7-9H,6H2,1-5H3,(H,15,18)/t9-/m0/s1. The zero-order valence-corrected chi connectivity index (χ0v) is 12.5. The highest BCUT2D eigenvalue weighted by atomic mass is 16.6. The fourth-order valence-corrected chi connectivity index (χ4v) is 1.56. The number of nitrogens with one attached hydrogen (secondary N) is 1. The van der Waals surface area contributed by atoms with Gasteiger partial charge in [-0.1, -0.05) is 0 Å². The lowest BCUT2D eigenvalue weighted by molar-refractivity contribution is 0.0521. The molecule has 0 fully saturated rings. The average Bonchev–Trinajstić information content (AvgIpc) is 2.82. The van der Waals surface area contributed by atoms with E-state index in [-0.39, 0.29) is 6.04 Å². The van der Waals surface area contributed by atoms with Crippen LogP contribution in [-0.4, -0.2) is 40.9 Å². The Morgan fingerprint density at radius 2 is 2.10 bits per heavy atom. The van der Waals surface area contributed by atoms with Gasteiger partial charge < -0.3 is 19.4 Å². The van der Waals surface area contributed by atoms with Crippen molar-refractivity contribution in [3.8, 4) is 0 Å². The first kappa shape index (κ1) is 16.0. The van der Waals surface area contributed by atoms with E-state index in [4.69, 9.17) is 4.74 Å². The van der Waals surface area contributed by atoms with Gasteiger partial charge in [0.1, 0.15) is 11.3 Å². The smallest absolute Gasteiger partial charge is 0.407 e. The molecule has 0 aliphatic heterocycles.